The Balaban J connectivity index is 1.48. The fraction of sp³-hybridized carbons (Fsp3) is 0.368. The van der Waals surface area contributed by atoms with Crippen molar-refractivity contribution in [3.63, 3.8) is 0 Å². The fourth-order valence-corrected chi connectivity index (χ4v) is 9.19. The molecule has 0 aromatic heterocycles. The van der Waals surface area contributed by atoms with Crippen molar-refractivity contribution in [2.45, 2.75) is 44.4 Å². The van der Waals surface area contributed by atoms with E-state index in [9.17, 15) is 19.5 Å². The van der Waals surface area contributed by atoms with Crippen LogP contribution in [-0.2, 0) is 24.6 Å². The normalized spacial score (nSPS) is 27.1. The summed E-state index contributed by atoms with van der Waals surface area (Å²) in [4.78, 5) is 59.2. The Hall–Kier alpha value is -4.54. The number of fused-ring (bicyclic) bond motifs is 4. The number of carbonyl (C=O) groups is 4. The maximum atomic E-state index is 15.3. The van der Waals surface area contributed by atoms with E-state index in [2.05, 4.69) is 5.43 Å². The van der Waals surface area contributed by atoms with Gasteiger partial charge in [-0.2, -0.15) is 5.01 Å². The number of allylic oxidation sites excluding steroid dienone is 2. The van der Waals surface area contributed by atoms with Gasteiger partial charge in [0.15, 0.2) is 11.5 Å². The topological polar surface area (TPSA) is 125 Å². The largest absolute Gasteiger partial charge is 0.504 e. The summed E-state index contributed by atoms with van der Waals surface area (Å²) < 4.78 is 11.3. The average molecular weight is 719 g/mol. The van der Waals surface area contributed by atoms with E-state index in [4.69, 9.17) is 32.7 Å². The minimum Gasteiger partial charge on any atom is -0.504 e. The van der Waals surface area contributed by atoms with E-state index < -0.39 is 46.8 Å². The molecule has 6 atom stereocenters. The predicted octanol–water partition coefficient (Wildman–Crippen LogP) is 6.50. The molecule has 3 aromatic rings. The number of likely N-dealkylation sites (tertiary alicyclic amines) is 1. The molecule has 0 radical (unpaired) electrons. The number of imide groups is 2. The molecule has 2 N–H and O–H groups in total. The third-order valence-electron chi connectivity index (χ3n) is 10.8. The highest BCUT2D eigenvalue weighted by molar-refractivity contribution is 6.36. The quantitative estimate of drug-likeness (QED) is 0.190. The van der Waals surface area contributed by atoms with Gasteiger partial charge in [0.05, 0.1) is 47.6 Å². The van der Waals surface area contributed by atoms with Gasteiger partial charge >= 0.3 is 0 Å². The third kappa shape index (κ3) is 4.98. The number of anilines is 1. The molecule has 2 heterocycles. The van der Waals surface area contributed by atoms with Gasteiger partial charge in [0.2, 0.25) is 11.8 Å². The van der Waals surface area contributed by atoms with Crippen LogP contribution in [0.15, 0.2) is 72.3 Å². The number of hydrazine groups is 1. The van der Waals surface area contributed by atoms with Crippen LogP contribution in [0.25, 0.3) is 0 Å². The molecule has 6 unspecified atom stereocenters. The van der Waals surface area contributed by atoms with Gasteiger partial charge in [-0.1, -0.05) is 66.0 Å². The van der Waals surface area contributed by atoms with Crippen molar-refractivity contribution >= 4 is 52.5 Å². The van der Waals surface area contributed by atoms with E-state index in [0.29, 0.717) is 40.6 Å². The minimum absolute atomic E-state index is 0.123. The Bertz CT molecular complexity index is 1930. The molecule has 260 valence electrons. The minimum atomic E-state index is -1.60. The van der Waals surface area contributed by atoms with Crippen LogP contribution in [0.4, 0.5) is 5.69 Å². The van der Waals surface area contributed by atoms with Crippen LogP contribution in [0, 0.1) is 23.7 Å². The summed E-state index contributed by atoms with van der Waals surface area (Å²) in [5.74, 6) is -4.71. The Morgan fingerprint density at radius 1 is 0.960 bits per heavy atom. The number of benzene rings is 3. The number of carbonyl (C=O) groups excluding carboxylic acids is 4. The van der Waals surface area contributed by atoms with Crippen LogP contribution < -0.4 is 14.9 Å². The molecule has 50 heavy (non-hydrogen) atoms. The molecule has 3 aromatic carbocycles. The Labute approximate surface area is 299 Å². The summed E-state index contributed by atoms with van der Waals surface area (Å²) in [5, 5.41) is 13.5. The highest BCUT2D eigenvalue weighted by Crippen LogP contribution is 2.65. The van der Waals surface area contributed by atoms with Crippen LogP contribution in [0.2, 0.25) is 10.0 Å². The van der Waals surface area contributed by atoms with E-state index >= 15 is 4.79 Å². The average Bonchev–Trinajstić information content (AvgIpc) is 3.48. The van der Waals surface area contributed by atoms with Crippen molar-refractivity contribution in [1.82, 2.24) is 9.91 Å². The molecular weight excluding hydrogens is 681 g/mol. The Morgan fingerprint density at radius 3 is 2.40 bits per heavy atom. The number of hydrogen-bond donors (Lipinski definition) is 2. The molecule has 0 bridgehead atoms. The summed E-state index contributed by atoms with van der Waals surface area (Å²) >= 11 is 12.7. The van der Waals surface area contributed by atoms with E-state index in [-0.39, 0.29) is 47.8 Å². The number of hydrogen-bond acceptors (Lipinski definition) is 8. The number of para-hydroxylation sites is 1. The molecule has 10 nitrogen and oxygen atoms in total. The van der Waals surface area contributed by atoms with Gasteiger partial charge < -0.3 is 14.6 Å². The van der Waals surface area contributed by atoms with Crippen molar-refractivity contribution < 1.29 is 33.8 Å². The molecular formula is C38H37Cl2N3O7. The van der Waals surface area contributed by atoms with Crippen LogP contribution in [0.3, 0.4) is 0 Å². The van der Waals surface area contributed by atoms with E-state index in [1.807, 2.05) is 13.0 Å². The Kier molecular flexibility index (Phi) is 8.80. The highest BCUT2D eigenvalue weighted by Gasteiger charge is 2.70. The molecule has 4 amide bonds. The standard InChI is InChI=1S/C38H37Cl2N3O7/c1-4-17-42-34(45)24-15-14-23-26(31(24)36(42)47)19-27-35(46)43(41-29-16-11-21(39)18-28(29)40)37(48)38(27,20-9-12-22(49-3)13-10-20)32(23)25-7-6-8-30(33(25)44)50-5-2/h6-14,16,18,24,26-27,31-32,41,44H,4-5,15,17,19H2,1-3H3. The first-order valence-corrected chi connectivity index (χ1v) is 17.6. The molecule has 12 heteroatoms. The van der Waals surface area contributed by atoms with Crippen molar-refractivity contribution in [2.24, 2.45) is 23.7 Å². The molecule has 4 aliphatic rings. The Morgan fingerprint density at radius 2 is 1.72 bits per heavy atom. The summed E-state index contributed by atoms with van der Waals surface area (Å²) in [6.45, 7) is 4.31. The third-order valence-corrected chi connectivity index (χ3v) is 11.3. The number of phenols is 1. The zero-order valence-corrected chi connectivity index (χ0v) is 29.3. The molecule has 1 saturated carbocycles. The summed E-state index contributed by atoms with van der Waals surface area (Å²) in [6, 6.07) is 16.8. The monoisotopic (exact) mass is 717 g/mol. The number of nitrogens with one attached hydrogen (secondary N) is 1. The number of rotatable bonds is 9. The number of nitrogens with zero attached hydrogens (tertiary/aromatic N) is 2. The lowest BCUT2D eigenvalue weighted by molar-refractivity contribution is -0.141. The lowest BCUT2D eigenvalue weighted by Gasteiger charge is -2.50. The first kappa shape index (κ1) is 33.9. The van der Waals surface area contributed by atoms with Crippen LogP contribution in [0.1, 0.15) is 50.2 Å². The van der Waals surface area contributed by atoms with Gasteiger partial charge in [-0.05, 0) is 74.1 Å². The van der Waals surface area contributed by atoms with Gasteiger partial charge in [-0.3, -0.25) is 29.5 Å². The number of amides is 4. The number of aromatic hydroxyl groups is 1. The van der Waals surface area contributed by atoms with Gasteiger partial charge in [0, 0.05) is 23.0 Å². The molecule has 3 fully saturated rings. The predicted molar refractivity (Wildman–Crippen MR) is 187 cm³/mol. The molecule has 2 aliphatic carbocycles. The van der Waals surface area contributed by atoms with E-state index in [1.54, 1.807) is 61.5 Å². The van der Waals surface area contributed by atoms with Crippen LogP contribution in [0.5, 0.6) is 17.2 Å². The first-order valence-electron chi connectivity index (χ1n) is 16.8. The second-order valence-electron chi connectivity index (χ2n) is 13.2. The number of methoxy groups -OCH3 is 1. The molecule has 7 rings (SSSR count). The van der Waals surface area contributed by atoms with E-state index in [0.717, 1.165) is 10.6 Å². The van der Waals surface area contributed by atoms with Gasteiger partial charge in [-0.15, -0.1) is 0 Å². The maximum Gasteiger partial charge on any atom is 0.260 e. The SMILES string of the molecule is CCCN1C(=O)C2CC=C3C(CC4C(=O)N(Nc5ccc(Cl)cc5Cl)C(=O)C4(c4ccc(OC)cc4)C3c3cccc(OCC)c3O)C2C1=O. The zero-order chi connectivity index (χ0) is 35.5. The lowest BCUT2D eigenvalue weighted by Crippen LogP contribution is -2.53. The van der Waals surface area contributed by atoms with Crippen molar-refractivity contribution in [1.29, 1.82) is 0 Å². The van der Waals surface area contributed by atoms with Crippen molar-refractivity contribution in [2.75, 3.05) is 25.7 Å². The lowest BCUT2D eigenvalue weighted by atomic mass is 9.49. The summed E-state index contributed by atoms with van der Waals surface area (Å²) in [7, 11) is 1.54. The van der Waals surface area contributed by atoms with Crippen molar-refractivity contribution in [3.05, 3.63) is 93.5 Å². The van der Waals surface area contributed by atoms with E-state index in [1.165, 1.54) is 18.1 Å². The zero-order valence-electron chi connectivity index (χ0n) is 27.8. The number of phenolic OH excluding ortho intramolecular Hbond substituents is 1. The van der Waals surface area contributed by atoms with Crippen LogP contribution in [-0.4, -0.2) is 58.9 Å². The molecule has 0 spiro atoms. The fourth-order valence-electron chi connectivity index (χ4n) is 8.74. The second kappa shape index (κ2) is 13.0. The second-order valence-corrected chi connectivity index (χ2v) is 14.0. The molecule has 2 aliphatic heterocycles. The van der Waals surface area contributed by atoms with Gasteiger partial charge in [-0.25, -0.2) is 0 Å². The highest BCUT2D eigenvalue weighted by atomic mass is 35.5. The first-order chi connectivity index (χ1) is 24.1. The van der Waals surface area contributed by atoms with Crippen LogP contribution >= 0.6 is 23.2 Å². The molecule has 2 saturated heterocycles. The number of ether oxygens (including phenoxy) is 2. The summed E-state index contributed by atoms with van der Waals surface area (Å²) in [6.07, 6.45) is 2.98. The van der Waals surface area contributed by atoms with Gasteiger partial charge in [0.1, 0.15) is 5.75 Å². The summed E-state index contributed by atoms with van der Waals surface area (Å²) in [5.41, 5.74) is 3.31. The smallest absolute Gasteiger partial charge is 0.260 e. The van der Waals surface area contributed by atoms with Crippen molar-refractivity contribution in [3.8, 4) is 17.2 Å². The van der Waals surface area contributed by atoms with Gasteiger partial charge in [0.25, 0.3) is 11.8 Å². The number of halogens is 2. The maximum absolute atomic E-state index is 15.3.